The number of hydrogen-bond donors (Lipinski definition) is 1. The predicted molar refractivity (Wildman–Crippen MR) is 68.4 cm³/mol. The summed E-state index contributed by atoms with van der Waals surface area (Å²) in [6.07, 6.45) is 1.19. The van der Waals surface area contributed by atoms with Crippen LogP contribution in [0.2, 0.25) is 0 Å². The molecule has 0 spiro atoms. The van der Waals surface area contributed by atoms with Crippen molar-refractivity contribution in [2.45, 2.75) is 13.0 Å². The molecular weight excluding hydrogens is 230 g/mol. The molecule has 1 aromatic carbocycles. The molecule has 94 valence electrons. The molecule has 0 aliphatic rings. The molecule has 0 bridgehead atoms. The largest absolute Gasteiger partial charge is 0.481 e. The van der Waals surface area contributed by atoms with Crippen LogP contribution in [0, 0.1) is 0 Å². The third-order valence-electron chi connectivity index (χ3n) is 2.39. The van der Waals surface area contributed by atoms with Crippen LogP contribution in [0.5, 0.6) is 5.75 Å². The first-order chi connectivity index (χ1) is 8.65. The van der Waals surface area contributed by atoms with Crippen LogP contribution < -0.4 is 10.1 Å². The van der Waals surface area contributed by atoms with Crippen molar-refractivity contribution in [3.8, 4) is 5.75 Å². The van der Waals surface area contributed by atoms with E-state index in [4.69, 9.17) is 4.74 Å². The van der Waals surface area contributed by atoms with Crippen LogP contribution in [0.15, 0.2) is 42.6 Å². The normalized spacial score (nSPS) is 11.9. The average Bonchev–Trinajstić information content (AvgIpc) is 2.76. The molecule has 0 radical (unpaired) electrons. The summed E-state index contributed by atoms with van der Waals surface area (Å²) in [7, 11) is 1.79. The van der Waals surface area contributed by atoms with Gasteiger partial charge in [0.1, 0.15) is 5.75 Å². The molecular formula is C13H15N3O2. The van der Waals surface area contributed by atoms with Crippen molar-refractivity contribution >= 4 is 11.7 Å². The number of para-hydroxylation sites is 1. The number of aryl methyl sites for hydroxylation is 1. The number of hydrogen-bond acceptors (Lipinski definition) is 3. The second kappa shape index (κ2) is 5.35. The predicted octanol–water partition coefficient (Wildman–Crippen LogP) is 1.83. The number of rotatable bonds is 4. The first-order valence-corrected chi connectivity index (χ1v) is 5.67. The monoisotopic (exact) mass is 245 g/mol. The molecule has 1 aromatic heterocycles. The van der Waals surface area contributed by atoms with Gasteiger partial charge in [0.2, 0.25) is 0 Å². The molecule has 1 N–H and O–H groups in total. The van der Waals surface area contributed by atoms with Crippen LogP contribution in [0.1, 0.15) is 6.92 Å². The number of amides is 1. The van der Waals surface area contributed by atoms with Gasteiger partial charge in [0, 0.05) is 19.3 Å². The second-order valence-corrected chi connectivity index (χ2v) is 3.94. The molecule has 5 heteroatoms. The number of ether oxygens (including phenoxy) is 1. The number of nitrogens with zero attached hydrogens (tertiary/aromatic N) is 2. The summed E-state index contributed by atoms with van der Waals surface area (Å²) >= 11 is 0. The van der Waals surface area contributed by atoms with Gasteiger partial charge in [-0.2, -0.15) is 5.10 Å². The maximum atomic E-state index is 11.8. The van der Waals surface area contributed by atoms with Gasteiger partial charge in [0.15, 0.2) is 11.9 Å². The lowest BCUT2D eigenvalue weighted by Gasteiger charge is -2.13. The van der Waals surface area contributed by atoms with E-state index >= 15 is 0 Å². The molecule has 0 fully saturated rings. The Morgan fingerprint density at radius 2 is 2.06 bits per heavy atom. The van der Waals surface area contributed by atoms with Crippen LogP contribution in [0.3, 0.4) is 0 Å². The molecule has 0 saturated carbocycles. The van der Waals surface area contributed by atoms with Gasteiger partial charge >= 0.3 is 0 Å². The lowest BCUT2D eigenvalue weighted by Crippen LogP contribution is -2.30. The van der Waals surface area contributed by atoms with Crippen LogP contribution in [0.4, 0.5) is 5.82 Å². The van der Waals surface area contributed by atoms with E-state index < -0.39 is 6.10 Å². The number of aromatic nitrogens is 2. The Labute approximate surface area is 105 Å². The smallest absolute Gasteiger partial charge is 0.266 e. The maximum absolute atomic E-state index is 11.8. The lowest BCUT2D eigenvalue weighted by atomic mass is 10.3. The highest BCUT2D eigenvalue weighted by Gasteiger charge is 2.15. The summed E-state index contributed by atoms with van der Waals surface area (Å²) < 4.78 is 7.13. The average molecular weight is 245 g/mol. The zero-order valence-corrected chi connectivity index (χ0v) is 10.3. The van der Waals surface area contributed by atoms with Crippen molar-refractivity contribution in [3.63, 3.8) is 0 Å². The molecule has 2 rings (SSSR count). The summed E-state index contributed by atoms with van der Waals surface area (Å²) in [5.74, 6) is 0.963. The lowest BCUT2D eigenvalue weighted by molar-refractivity contribution is -0.122. The summed E-state index contributed by atoms with van der Waals surface area (Å²) in [4.78, 5) is 11.8. The van der Waals surface area contributed by atoms with Gasteiger partial charge < -0.3 is 10.1 Å². The number of nitrogens with one attached hydrogen (secondary N) is 1. The molecule has 1 atom stereocenters. The Morgan fingerprint density at radius 1 is 1.33 bits per heavy atom. The van der Waals surface area contributed by atoms with Gasteiger partial charge in [-0.05, 0) is 19.1 Å². The van der Waals surface area contributed by atoms with Gasteiger partial charge in [0.05, 0.1) is 0 Å². The van der Waals surface area contributed by atoms with Crippen LogP contribution in [-0.2, 0) is 11.8 Å². The third kappa shape index (κ3) is 3.10. The minimum absolute atomic E-state index is 0.224. The SMILES string of the molecule is C[C@@H](Oc1ccccc1)C(=O)Nc1ccn(C)n1. The Balaban J connectivity index is 1.93. The fourth-order valence-electron chi connectivity index (χ4n) is 1.47. The standard InChI is InChI=1S/C13H15N3O2/c1-10(18-11-6-4-3-5-7-11)13(17)14-12-8-9-16(2)15-12/h3-10H,1-2H3,(H,14,15,17)/t10-/m1/s1. The minimum Gasteiger partial charge on any atom is -0.481 e. The highest BCUT2D eigenvalue weighted by Crippen LogP contribution is 2.11. The van der Waals surface area contributed by atoms with Crippen molar-refractivity contribution in [1.29, 1.82) is 0 Å². The molecule has 18 heavy (non-hydrogen) atoms. The van der Waals surface area contributed by atoms with Crippen molar-refractivity contribution < 1.29 is 9.53 Å². The summed E-state index contributed by atoms with van der Waals surface area (Å²) in [5.41, 5.74) is 0. The Bertz CT molecular complexity index is 522. The van der Waals surface area contributed by atoms with Crippen LogP contribution >= 0.6 is 0 Å². The summed E-state index contributed by atoms with van der Waals surface area (Å²) in [5, 5.41) is 6.76. The number of carbonyl (C=O) groups is 1. The molecule has 1 amide bonds. The zero-order chi connectivity index (χ0) is 13.0. The van der Waals surface area contributed by atoms with Gasteiger partial charge in [-0.1, -0.05) is 18.2 Å². The van der Waals surface area contributed by atoms with Gasteiger partial charge in [-0.25, -0.2) is 0 Å². The topological polar surface area (TPSA) is 56.1 Å². The molecule has 0 saturated heterocycles. The molecule has 0 unspecified atom stereocenters. The van der Waals surface area contributed by atoms with E-state index in [0.717, 1.165) is 0 Å². The minimum atomic E-state index is -0.575. The first kappa shape index (κ1) is 12.2. The van der Waals surface area contributed by atoms with Gasteiger partial charge in [-0.15, -0.1) is 0 Å². The Kier molecular flexibility index (Phi) is 3.62. The van der Waals surface area contributed by atoms with Crippen molar-refractivity contribution in [3.05, 3.63) is 42.6 Å². The highest BCUT2D eigenvalue weighted by molar-refractivity contribution is 5.93. The van der Waals surface area contributed by atoms with E-state index in [1.54, 1.807) is 30.9 Å². The first-order valence-electron chi connectivity index (χ1n) is 5.67. The van der Waals surface area contributed by atoms with E-state index in [1.807, 2.05) is 30.3 Å². The van der Waals surface area contributed by atoms with Crippen LogP contribution in [0.25, 0.3) is 0 Å². The molecule has 0 aliphatic carbocycles. The van der Waals surface area contributed by atoms with Crippen molar-refractivity contribution in [2.75, 3.05) is 5.32 Å². The van der Waals surface area contributed by atoms with Gasteiger partial charge in [0.25, 0.3) is 5.91 Å². The molecule has 2 aromatic rings. The van der Waals surface area contributed by atoms with E-state index in [9.17, 15) is 4.79 Å². The zero-order valence-electron chi connectivity index (χ0n) is 10.3. The number of carbonyl (C=O) groups excluding carboxylic acids is 1. The fourth-order valence-corrected chi connectivity index (χ4v) is 1.47. The van der Waals surface area contributed by atoms with E-state index in [0.29, 0.717) is 11.6 Å². The number of benzene rings is 1. The Morgan fingerprint density at radius 3 is 2.67 bits per heavy atom. The van der Waals surface area contributed by atoms with E-state index in [2.05, 4.69) is 10.4 Å². The van der Waals surface area contributed by atoms with Crippen LogP contribution in [-0.4, -0.2) is 21.8 Å². The molecule has 1 heterocycles. The fraction of sp³-hybridized carbons (Fsp3) is 0.231. The van der Waals surface area contributed by atoms with E-state index in [-0.39, 0.29) is 5.91 Å². The third-order valence-corrected chi connectivity index (χ3v) is 2.39. The quantitative estimate of drug-likeness (QED) is 0.894. The highest BCUT2D eigenvalue weighted by atomic mass is 16.5. The second-order valence-electron chi connectivity index (χ2n) is 3.94. The molecule has 0 aliphatic heterocycles. The van der Waals surface area contributed by atoms with Gasteiger partial charge in [-0.3, -0.25) is 9.48 Å². The maximum Gasteiger partial charge on any atom is 0.266 e. The molecule has 5 nitrogen and oxygen atoms in total. The van der Waals surface area contributed by atoms with Crippen molar-refractivity contribution in [1.82, 2.24) is 9.78 Å². The Hall–Kier alpha value is -2.30. The summed E-state index contributed by atoms with van der Waals surface area (Å²) in [6.45, 7) is 1.70. The number of anilines is 1. The summed E-state index contributed by atoms with van der Waals surface area (Å²) in [6, 6.07) is 11.0. The van der Waals surface area contributed by atoms with Crippen molar-refractivity contribution in [2.24, 2.45) is 7.05 Å². The van der Waals surface area contributed by atoms with E-state index in [1.165, 1.54) is 0 Å².